The van der Waals surface area contributed by atoms with E-state index in [0.717, 1.165) is 11.1 Å². The molecule has 0 fully saturated rings. The van der Waals surface area contributed by atoms with E-state index in [1.807, 2.05) is 13.0 Å². The molecular weight excluding hydrogens is 228 g/mol. The highest BCUT2D eigenvalue weighted by molar-refractivity contribution is 6.02. The van der Waals surface area contributed by atoms with Crippen LogP contribution in [0.4, 0.5) is 0 Å². The number of aromatic nitrogens is 2. The van der Waals surface area contributed by atoms with Crippen LogP contribution in [0.25, 0.3) is 10.9 Å². The third kappa shape index (κ3) is 3.03. The van der Waals surface area contributed by atoms with Gasteiger partial charge in [0.2, 0.25) is 0 Å². The van der Waals surface area contributed by atoms with E-state index in [1.165, 1.54) is 19.9 Å². The van der Waals surface area contributed by atoms with Crippen molar-refractivity contribution in [3.05, 3.63) is 35.8 Å². The molecule has 0 radical (unpaired) electrons. The molecule has 0 aliphatic carbocycles. The standard InChI is InChI=1S/C11H10N2O2.C3H8/c1-7-8-4-3-5-9(11(14)15-2)10(8)13-6-12-7;1-3-2/h3-6H,1-2H3;3H2,1-2H3. The molecule has 0 atom stereocenters. The predicted octanol–water partition coefficient (Wildman–Crippen LogP) is 3.14. The van der Waals surface area contributed by atoms with E-state index in [0.29, 0.717) is 11.1 Å². The van der Waals surface area contributed by atoms with Gasteiger partial charge in [0, 0.05) is 11.1 Å². The van der Waals surface area contributed by atoms with Crippen LogP contribution in [0.1, 0.15) is 36.3 Å². The molecule has 0 aliphatic rings. The van der Waals surface area contributed by atoms with Gasteiger partial charge in [-0.15, -0.1) is 0 Å². The number of carbonyl (C=O) groups is 1. The molecule has 1 aromatic carbocycles. The van der Waals surface area contributed by atoms with Crippen molar-refractivity contribution in [2.24, 2.45) is 0 Å². The average Bonchev–Trinajstić information content (AvgIpc) is 2.39. The fourth-order valence-electron chi connectivity index (χ4n) is 1.49. The Labute approximate surface area is 107 Å². The van der Waals surface area contributed by atoms with Crippen LogP contribution in [0.2, 0.25) is 0 Å². The summed E-state index contributed by atoms with van der Waals surface area (Å²) in [5.74, 6) is -0.376. The minimum atomic E-state index is -0.376. The molecule has 4 nitrogen and oxygen atoms in total. The van der Waals surface area contributed by atoms with Crippen molar-refractivity contribution in [2.75, 3.05) is 7.11 Å². The first-order valence-corrected chi connectivity index (χ1v) is 5.94. The maximum Gasteiger partial charge on any atom is 0.340 e. The van der Waals surface area contributed by atoms with Gasteiger partial charge in [-0.3, -0.25) is 0 Å². The van der Waals surface area contributed by atoms with Gasteiger partial charge in [-0.25, -0.2) is 14.8 Å². The number of ether oxygens (including phenoxy) is 1. The molecule has 0 bridgehead atoms. The predicted molar refractivity (Wildman–Crippen MR) is 71.6 cm³/mol. The van der Waals surface area contributed by atoms with E-state index in [2.05, 4.69) is 28.6 Å². The number of nitrogens with zero attached hydrogens (tertiary/aromatic N) is 2. The average molecular weight is 246 g/mol. The van der Waals surface area contributed by atoms with Crippen molar-refractivity contribution in [1.82, 2.24) is 9.97 Å². The molecule has 4 heteroatoms. The maximum atomic E-state index is 11.5. The van der Waals surface area contributed by atoms with Gasteiger partial charge in [0.25, 0.3) is 0 Å². The SMILES string of the molecule is CCC.COC(=O)c1cccc2c(C)ncnc12. The largest absolute Gasteiger partial charge is 0.465 e. The molecule has 0 amide bonds. The van der Waals surface area contributed by atoms with Gasteiger partial charge in [0.1, 0.15) is 6.33 Å². The fourth-order valence-corrected chi connectivity index (χ4v) is 1.49. The number of fused-ring (bicyclic) bond motifs is 1. The van der Waals surface area contributed by atoms with E-state index >= 15 is 0 Å². The molecule has 0 spiro atoms. The number of hydrogen-bond acceptors (Lipinski definition) is 4. The summed E-state index contributed by atoms with van der Waals surface area (Å²) in [6.07, 6.45) is 2.70. The number of aryl methyl sites for hydroxylation is 1. The molecule has 1 heterocycles. The molecule has 0 saturated heterocycles. The van der Waals surface area contributed by atoms with Crippen LogP contribution in [0.15, 0.2) is 24.5 Å². The molecule has 0 saturated carbocycles. The van der Waals surface area contributed by atoms with Crippen LogP contribution in [0.3, 0.4) is 0 Å². The lowest BCUT2D eigenvalue weighted by atomic mass is 10.1. The molecule has 2 aromatic rings. The Balaban J connectivity index is 0.000000492. The Morgan fingerprint density at radius 2 is 1.94 bits per heavy atom. The quantitative estimate of drug-likeness (QED) is 0.725. The summed E-state index contributed by atoms with van der Waals surface area (Å²) in [6, 6.07) is 5.38. The lowest BCUT2D eigenvalue weighted by Crippen LogP contribution is -2.03. The van der Waals surface area contributed by atoms with Gasteiger partial charge in [-0.2, -0.15) is 0 Å². The lowest BCUT2D eigenvalue weighted by molar-refractivity contribution is 0.0603. The van der Waals surface area contributed by atoms with Gasteiger partial charge >= 0.3 is 5.97 Å². The van der Waals surface area contributed by atoms with Crippen LogP contribution < -0.4 is 0 Å². The highest BCUT2D eigenvalue weighted by Crippen LogP contribution is 2.18. The minimum absolute atomic E-state index is 0.376. The molecule has 2 rings (SSSR count). The molecular formula is C14H18N2O2. The normalized spacial score (nSPS) is 9.56. The summed E-state index contributed by atoms with van der Waals surface area (Å²) in [4.78, 5) is 19.6. The summed E-state index contributed by atoms with van der Waals surface area (Å²) in [5, 5.41) is 0.875. The maximum absolute atomic E-state index is 11.5. The summed E-state index contributed by atoms with van der Waals surface area (Å²) >= 11 is 0. The Kier molecular flexibility index (Phi) is 5.24. The third-order valence-corrected chi connectivity index (χ3v) is 2.27. The topological polar surface area (TPSA) is 52.1 Å². The van der Waals surface area contributed by atoms with Crippen molar-refractivity contribution < 1.29 is 9.53 Å². The Morgan fingerprint density at radius 3 is 2.56 bits per heavy atom. The molecule has 0 unspecified atom stereocenters. The summed E-state index contributed by atoms with van der Waals surface area (Å²) in [6.45, 7) is 6.13. The number of hydrogen-bond donors (Lipinski definition) is 0. The highest BCUT2D eigenvalue weighted by Gasteiger charge is 2.11. The van der Waals surface area contributed by atoms with E-state index in [-0.39, 0.29) is 5.97 Å². The smallest absolute Gasteiger partial charge is 0.340 e. The van der Waals surface area contributed by atoms with Crippen LogP contribution >= 0.6 is 0 Å². The fraction of sp³-hybridized carbons (Fsp3) is 0.357. The van der Waals surface area contributed by atoms with Crippen molar-refractivity contribution >= 4 is 16.9 Å². The monoisotopic (exact) mass is 246 g/mol. The van der Waals surface area contributed by atoms with Crippen LogP contribution in [0, 0.1) is 6.92 Å². The number of benzene rings is 1. The van der Waals surface area contributed by atoms with Crippen LogP contribution in [0.5, 0.6) is 0 Å². The highest BCUT2D eigenvalue weighted by atomic mass is 16.5. The number of para-hydroxylation sites is 1. The number of methoxy groups -OCH3 is 1. The van der Waals surface area contributed by atoms with Crippen molar-refractivity contribution in [3.8, 4) is 0 Å². The Morgan fingerprint density at radius 1 is 1.28 bits per heavy atom. The zero-order valence-corrected chi connectivity index (χ0v) is 11.2. The van der Waals surface area contributed by atoms with Crippen molar-refractivity contribution in [3.63, 3.8) is 0 Å². The zero-order chi connectivity index (χ0) is 13.5. The van der Waals surface area contributed by atoms with Crippen molar-refractivity contribution in [1.29, 1.82) is 0 Å². The van der Waals surface area contributed by atoms with E-state index < -0.39 is 0 Å². The summed E-state index contributed by atoms with van der Waals surface area (Å²) in [5.41, 5.74) is 1.96. The van der Waals surface area contributed by atoms with Crippen LogP contribution in [-0.4, -0.2) is 23.0 Å². The van der Waals surface area contributed by atoms with Gasteiger partial charge in [-0.1, -0.05) is 32.4 Å². The number of esters is 1. The number of rotatable bonds is 1. The molecule has 18 heavy (non-hydrogen) atoms. The van der Waals surface area contributed by atoms with Gasteiger partial charge < -0.3 is 4.74 Å². The second-order valence-electron chi connectivity index (χ2n) is 3.86. The molecule has 0 N–H and O–H groups in total. The lowest BCUT2D eigenvalue weighted by Gasteiger charge is -2.04. The molecule has 0 aliphatic heterocycles. The Hall–Kier alpha value is -1.97. The summed E-state index contributed by atoms with van der Waals surface area (Å²) in [7, 11) is 1.36. The first-order valence-electron chi connectivity index (χ1n) is 5.94. The third-order valence-electron chi connectivity index (χ3n) is 2.27. The Bertz CT molecular complexity index is 538. The second-order valence-corrected chi connectivity index (χ2v) is 3.86. The summed E-state index contributed by atoms with van der Waals surface area (Å²) < 4.78 is 4.68. The molecule has 1 aromatic heterocycles. The van der Waals surface area contributed by atoms with Gasteiger partial charge in [-0.05, 0) is 13.0 Å². The van der Waals surface area contributed by atoms with Gasteiger partial charge in [0.05, 0.1) is 18.2 Å². The zero-order valence-electron chi connectivity index (χ0n) is 11.2. The van der Waals surface area contributed by atoms with Gasteiger partial charge in [0.15, 0.2) is 0 Å². The number of carbonyl (C=O) groups excluding carboxylic acids is 1. The van der Waals surface area contributed by atoms with E-state index in [1.54, 1.807) is 12.1 Å². The minimum Gasteiger partial charge on any atom is -0.465 e. The van der Waals surface area contributed by atoms with E-state index in [9.17, 15) is 4.79 Å². The van der Waals surface area contributed by atoms with Crippen LogP contribution in [-0.2, 0) is 4.74 Å². The first kappa shape index (κ1) is 14.1. The van der Waals surface area contributed by atoms with E-state index in [4.69, 9.17) is 0 Å². The van der Waals surface area contributed by atoms with Crippen molar-refractivity contribution in [2.45, 2.75) is 27.2 Å². The first-order chi connectivity index (χ1) is 8.65. The molecule has 96 valence electrons. The second kappa shape index (κ2) is 6.69.